The van der Waals surface area contributed by atoms with Gasteiger partial charge in [0.25, 0.3) is 0 Å². The molecule has 0 saturated carbocycles. The Balaban J connectivity index is 1.49. The molecule has 0 spiro atoms. The number of aromatic hydroxyl groups is 1. The molecule has 13 heteroatoms. The first-order valence-electron chi connectivity index (χ1n) is 13.8. The number of hydrogen-bond acceptors (Lipinski definition) is 6. The summed E-state index contributed by atoms with van der Waals surface area (Å²) in [4.78, 5) is 54.7. The van der Waals surface area contributed by atoms with Gasteiger partial charge in [0, 0.05) is 28.2 Å². The maximum Gasteiger partial charge on any atom is 0.416 e. The van der Waals surface area contributed by atoms with Crippen molar-refractivity contribution in [3.05, 3.63) is 87.5 Å². The summed E-state index contributed by atoms with van der Waals surface area (Å²) in [6.07, 6.45) is -7.94. The van der Waals surface area contributed by atoms with Crippen molar-refractivity contribution in [3.63, 3.8) is 0 Å². The highest BCUT2D eigenvalue weighted by Crippen LogP contribution is 2.57. The van der Waals surface area contributed by atoms with E-state index in [1.54, 1.807) is 6.08 Å². The lowest BCUT2D eigenvalue weighted by atomic mass is 9.59. The van der Waals surface area contributed by atoms with Gasteiger partial charge in [-0.1, -0.05) is 11.6 Å². The number of fused-ring (bicyclic) bond motifs is 3. The number of halogens is 6. The number of hydrogen-bond donors (Lipinski definition) is 1. The van der Waals surface area contributed by atoms with Gasteiger partial charge in [-0.05, 0) is 68.2 Å². The van der Waals surface area contributed by atoms with Gasteiger partial charge in [0.2, 0.25) is 11.8 Å². The average Bonchev–Trinajstić information content (AvgIpc) is 3.23. The highest BCUT2D eigenvalue weighted by molar-refractivity contribution is 6.25. The Morgan fingerprint density at radius 3 is 2.13 bits per heavy atom. The van der Waals surface area contributed by atoms with Gasteiger partial charge in [0.1, 0.15) is 11.5 Å². The highest BCUT2D eigenvalue weighted by Gasteiger charge is 2.57. The Bertz CT molecular complexity index is 1770. The fourth-order valence-corrected chi connectivity index (χ4v) is 6.95. The summed E-state index contributed by atoms with van der Waals surface area (Å²) >= 11 is 0. The summed E-state index contributed by atoms with van der Waals surface area (Å²) < 4.78 is 87.0. The summed E-state index contributed by atoms with van der Waals surface area (Å²) in [6.45, 7) is 1.44. The molecule has 1 aliphatic heterocycles. The van der Waals surface area contributed by atoms with Gasteiger partial charge < -0.3 is 9.84 Å². The van der Waals surface area contributed by atoms with Crippen LogP contribution in [0.25, 0.3) is 0 Å². The van der Waals surface area contributed by atoms with Gasteiger partial charge in [0.15, 0.2) is 11.6 Å². The number of benzene rings is 2. The van der Waals surface area contributed by atoms with E-state index in [2.05, 4.69) is 0 Å². The fourth-order valence-electron chi connectivity index (χ4n) is 6.95. The van der Waals surface area contributed by atoms with Crippen molar-refractivity contribution in [2.75, 3.05) is 12.0 Å². The smallest absolute Gasteiger partial charge is 0.416 e. The fraction of sp³-hybridized carbons (Fsp3) is 0.312. The molecular formula is C32H23F6NO6. The molecule has 2 aromatic carbocycles. The number of ether oxygens (including phenoxy) is 1. The molecule has 6 rings (SSSR count). The Labute approximate surface area is 251 Å². The number of imide groups is 1. The van der Waals surface area contributed by atoms with Gasteiger partial charge >= 0.3 is 12.4 Å². The van der Waals surface area contributed by atoms with E-state index in [4.69, 9.17) is 4.74 Å². The second kappa shape index (κ2) is 10.2. The van der Waals surface area contributed by atoms with Crippen LogP contribution in [-0.4, -0.2) is 35.6 Å². The minimum Gasteiger partial charge on any atom is -0.508 e. The van der Waals surface area contributed by atoms with Crippen LogP contribution in [0.3, 0.4) is 0 Å². The van der Waals surface area contributed by atoms with Gasteiger partial charge in [-0.3, -0.25) is 19.2 Å². The Hall–Kier alpha value is -4.68. The normalized spacial score (nSPS) is 25.1. The van der Waals surface area contributed by atoms with E-state index in [1.165, 1.54) is 38.3 Å². The predicted octanol–water partition coefficient (Wildman–Crippen LogP) is 6.07. The molecule has 0 unspecified atom stereocenters. The number of carbonyl (C=O) groups is 4. The van der Waals surface area contributed by atoms with Crippen molar-refractivity contribution in [2.45, 2.75) is 38.0 Å². The molecule has 4 aliphatic rings. The van der Waals surface area contributed by atoms with Crippen molar-refractivity contribution in [2.24, 2.45) is 17.8 Å². The first-order chi connectivity index (χ1) is 21.0. The van der Waals surface area contributed by atoms with E-state index in [9.17, 15) is 50.6 Å². The standard InChI is InChI=1S/C32H23F6NO6/c1-13-7-24(41)27-22(28(13)42)12-20-18(25(27)21-11-17(45-2)3-6-23(21)40)4-5-19-26(20)30(44)39(29(19)43)16-9-14(31(33,34)35)8-15(10-16)32(36,37)38/h3-4,6-11,19-20,25-26,40H,5,12H2,1-2H3/t19-,20+,25+,26-/m0/s1. The van der Waals surface area contributed by atoms with Crippen molar-refractivity contribution in [1.29, 1.82) is 0 Å². The van der Waals surface area contributed by atoms with Gasteiger partial charge in [0.05, 0.1) is 35.8 Å². The topological polar surface area (TPSA) is 101 Å². The summed E-state index contributed by atoms with van der Waals surface area (Å²) in [7, 11) is 1.38. The maximum atomic E-state index is 14.0. The molecule has 1 fully saturated rings. The third kappa shape index (κ3) is 4.75. The monoisotopic (exact) mass is 631 g/mol. The Kier molecular flexibility index (Phi) is 6.86. The van der Waals surface area contributed by atoms with Crippen LogP contribution in [0.2, 0.25) is 0 Å². The van der Waals surface area contributed by atoms with Gasteiger partial charge in [-0.15, -0.1) is 0 Å². The molecule has 4 atom stereocenters. The number of methoxy groups -OCH3 is 1. The molecule has 7 nitrogen and oxygen atoms in total. The average molecular weight is 632 g/mol. The molecular weight excluding hydrogens is 608 g/mol. The van der Waals surface area contributed by atoms with Crippen LogP contribution in [0.5, 0.6) is 11.5 Å². The van der Waals surface area contributed by atoms with E-state index in [0.29, 0.717) is 28.4 Å². The van der Waals surface area contributed by atoms with Crippen LogP contribution >= 0.6 is 0 Å². The lowest BCUT2D eigenvalue weighted by Crippen LogP contribution is -2.39. The third-order valence-electron chi connectivity index (χ3n) is 8.94. The predicted molar refractivity (Wildman–Crippen MR) is 145 cm³/mol. The minimum absolute atomic E-state index is 0.0622. The SMILES string of the molecule is COc1ccc(O)c([C@H]2C3=CC[C@@H]4C(=O)N(c5cc(C(F)(F)F)cc(C(F)(F)F)c5)C(=O)[C@@H]4[C@@H]3CC3=C2C(=O)C=C(C)C3=O)c1. The minimum atomic E-state index is -5.21. The molecule has 45 heavy (non-hydrogen) atoms. The van der Waals surface area contributed by atoms with Crippen LogP contribution in [-0.2, 0) is 31.5 Å². The molecule has 0 aromatic heterocycles. The Morgan fingerprint density at radius 1 is 0.889 bits per heavy atom. The second-order valence-corrected chi connectivity index (χ2v) is 11.4. The number of carbonyl (C=O) groups excluding carboxylic acids is 4. The van der Waals surface area contributed by atoms with Crippen LogP contribution < -0.4 is 9.64 Å². The zero-order valence-corrected chi connectivity index (χ0v) is 23.5. The van der Waals surface area contributed by atoms with Crippen molar-refractivity contribution < 1.29 is 55.4 Å². The number of alkyl halides is 6. The lowest BCUT2D eigenvalue weighted by molar-refractivity contribution is -0.143. The maximum absolute atomic E-state index is 14.0. The number of anilines is 1. The van der Waals surface area contributed by atoms with Crippen molar-refractivity contribution in [1.82, 2.24) is 0 Å². The number of phenols is 1. The van der Waals surface area contributed by atoms with Crippen LogP contribution in [0, 0.1) is 17.8 Å². The first kappa shape index (κ1) is 30.4. The summed E-state index contributed by atoms with van der Waals surface area (Å²) in [5.41, 5.74) is -3.35. The number of nitrogens with zero attached hydrogens (tertiary/aromatic N) is 1. The molecule has 1 saturated heterocycles. The molecule has 2 aromatic rings. The van der Waals surface area contributed by atoms with Crippen LogP contribution in [0.4, 0.5) is 32.0 Å². The van der Waals surface area contributed by atoms with E-state index in [1.807, 2.05) is 0 Å². The van der Waals surface area contributed by atoms with Crippen LogP contribution in [0.15, 0.2) is 70.8 Å². The molecule has 0 bridgehead atoms. The zero-order chi connectivity index (χ0) is 32.7. The van der Waals surface area contributed by atoms with Crippen LogP contribution in [0.1, 0.15) is 42.4 Å². The highest BCUT2D eigenvalue weighted by atomic mass is 19.4. The second-order valence-electron chi connectivity index (χ2n) is 11.4. The number of allylic oxidation sites excluding steroid dienone is 6. The molecule has 2 amide bonds. The van der Waals surface area contributed by atoms with Crippen molar-refractivity contribution in [3.8, 4) is 11.5 Å². The van der Waals surface area contributed by atoms with Gasteiger partial charge in [-0.25, -0.2) is 4.90 Å². The molecule has 1 N–H and O–H groups in total. The number of phenolic OH excluding ortho intramolecular Hbond substituents is 1. The molecule has 3 aliphatic carbocycles. The lowest BCUT2D eigenvalue weighted by Gasteiger charge is -2.42. The quantitative estimate of drug-likeness (QED) is 0.191. The van der Waals surface area contributed by atoms with Crippen molar-refractivity contribution >= 4 is 29.1 Å². The summed E-state index contributed by atoms with van der Waals surface area (Å²) in [5, 5.41) is 10.9. The molecule has 0 radical (unpaired) electrons. The molecule has 1 heterocycles. The number of rotatable bonds is 3. The van der Waals surface area contributed by atoms with E-state index >= 15 is 0 Å². The van der Waals surface area contributed by atoms with E-state index in [0.717, 1.165) is 0 Å². The molecule has 234 valence electrons. The Morgan fingerprint density at radius 2 is 1.53 bits per heavy atom. The number of amides is 2. The number of Topliss-reactive ketones (excluding diaryl/α,β-unsaturated/α-hetero) is 1. The van der Waals surface area contributed by atoms with Gasteiger partial charge in [-0.2, -0.15) is 26.3 Å². The zero-order valence-electron chi connectivity index (χ0n) is 23.5. The first-order valence-corrected chi connectivity index (χ1v) is 13.8. The third-order valence-corrected chi connectivity index (χ3v) is 8.94. The summed E-state index contributed by atoms with van der Waals surface area (Å²) in [6, 6.07) is 4.83. The van der Waals surface area contributed by atoms with E-state index in [-0.39, 0.29) is 46.9 Å². The summed E-state index contributed by atoms with van der Waals surface area (Å²) in [5.74, 6) is -7.30. The van der Waals surface area contributed by atoms with E-state index < -0.39 is 76.2 Å². The largest absolute Gasteiger partial charge is 0.508 e. The number of ketones is 2.